The Bertz CT molecular complexity index is 320. The number of hydrogen-bond donors (Lipinski definition) is 1. The van der Waals surface area contributed by atoms with E-state index < -0.39 is 0 Å². The molecule has 1 aliphatic rings. The first-order valence-electron chi connectivity index (χ1n) is 5.09. The Hall–Kier alpha value is -0.720. The normalized spacial score (nSPS) is 28.1. The molecule has 1 aliphatic heterocycles. The monoisotopic (exact) mass is 228 g/mol. The van der Waals surface area contributed by atoms with E-state index in [0.717, 1.165) is 24.6 Å². The lowest BCUT2D eigenvalue weighted by molar-refractivity contribution is -0.0705. The van der Waals surface area contributed by atoms with E-state index in [1.54, 1.807) is 0 Å². The number of morpholine rings is 1. The molecule has 0 bridgehead atoms. The van der Waals surface area contributed by atoms with Crippen LogP contribution in [0.1, 0.15) is 18.9 Å². The van der Waals surface area contributed by atoms with Crippen molar-refractivity contribution in [2.45, 2.75) is 32.6 Å². The molecular weight excluding hydrogens is 212 g/mol. The lowest BCUT2D eigenvalue weighted by Gasteiger charge is -2.34. The molecule has 2 rings (SSSR count). The highest BCUT2D eigenvalue weighted by Gasteiger charge is 2.22. The molecule has 2 atom stereocenters. The molecule has 2 N–H and O–H groups in total. The van der Waals surface area contributed by atoms with Crippen LogP contribution in [0.4, 0.5) is 5.13 Å². The zero-order valence-electron chi connectivity index (χ0n) is 9.01. The maximum Gasteiger partial charge on any atom is 0.203 e. The van der Waals surface area contributed by atoms with Gasteiger partial charge in [0.1, 0.15) is 5.01 Å². The van der Waals surface area contributed by atoms with Gasteiger partial charge in [-0.2, -0.15) is 0 Å². The van der Waals surface area contributed by atoms with Crippen LogP contribution in [0.2, 0.25) is 0 Å². The Labute approximate surface area is 93.2 Å². The average molecular weight is 228 g/mol. The van der Waals surface area contributed by atoms with E-state index in [-0.39, 0.29) is 0 Å². The molecule has 5 nitrogen and oxygen atoms in total. The van der Waals surface area contributed by atoms with Gasteiger partial charge >= 0.3 is 0 Å². The van der Waals surface area contributed by atoms with Crippen LogP contribution in [-0.4, -0.2) is 40.4 Å². The van der Waals surface area contributed by atoms with E-state index >= 15 is 0 Å². The van der Waals surface area contributed by atoms with Crippen LogP contribution in [0.5, 0.6) is 0 Å². The largest absolute Gasteiger partial charge is 0.374 e. The molecule has 6 heteroatoms. The minimum Gasteiger partial charge on any atom is -0.374 e. The second kappa shape index (κ2) is 4.42. The number of aromatic nitrogens is 2. The first kappa shape index (κ1) is 10.8. The van der Waals surface area contributed by atoms with Crippen molar-refractivity contribution in [1.82, 2.24) is 15.1 Å². The summed E-state index contributed by atoms with van der Waals surface area (Å²) in [5, 5.41) is 9.35. The molecule has 2 unspecified atom stereocenters. The zero-order valence-corrected chi connectivity index (χ0v) is 9.83. The molecule has 1 fully saturated rings. The Morgan fingerprint density at radius 3 is 2.60 bits per heavy atom. The highest BCUT2D eigenvalue weighted by atomic mass is 32.1. The molecule has 1 aromatic rings. The van der Waals surface area contributed by atoms with Gasteiger partial charge in [0.2, 0.25) is 5.13 Å². The van der Waals surface area contributed by atoms with Crippen molar-refractivity contribution in [1.29, 1.82) is 0 Å². The van der Waals surface area contributed by atoms with Gasteiger partial charge in [0, 0.05) is 13.1 Å². The molecule has 15 heavy (non-hydrogen) atoms. The van der Waals surface area contributed by atoms with Gasteiger partial charge in [0.05, 0.1) is 18.8 Å². The lowest BCUT2D eigenvalue weighted by atomic mass is 10.2. The fraction of sp³-hybridized carbons (Fsp3) is 0.778. The summed E-state index contributed by atoms with van der Waals surface area (Å²) in [6.45, 7) is 6.91. The Balaban J connectivity index is 1.94. The van der Waals surface area contributed by atoms with Crippen molar-refractivity contribution in [3.05, 3.63) is 5.01 Å². The van der Waals surface area contributed by atoms with Crippen LogP contribution in [0.3, 0.4) is 0 Å². The van der Waals surface area contributed by atoms with Crippen LogP contribution in [-0.2, 0) is 11.3 Å². The number of ether oxygens (including phenoxy) is 1. The Kier molecular flexibility index (Phi) is 3.18. The van der Waals surface area contributed by atoms with Crippen molar-refractivity contribution in [2.24, 2.45) is 0 Å². The predicted molar refractivity (Wildman–Crippen MR) is 59.6 cm³/mol. The molecule has 0 aliphatic carbocycles. The first-order valence-corrected chi connectivity index (χ1v) is 5.91. The van der Waals surface area contributed by atoms with Gasteiger partial charge in [-0.05, 0) is 13.8 Å². The topological polar surface area (TPSA) is 64.3 Å². The summed E-state index contributed by atoms with van der Waals surface area (Å²) in [7, 11) is 0. The van der Waals surface area contributed by atoms with Crippen LogP contribution in [0.15, 0.2) is 0 Å². The first-order chi connectivity index (χ1) is 7.13. The maximum absolute atomic E-state index is 5.66. The van der Waals surface area contributed by atoms with Gasteiger partial charge in [-0.3, -0.25) is 4.90 Å². The van der Waals surface area contributed by atoms with Crippen LogP contribution in [0.25, 0.3) is 0 Å². The summed E-state index contributed by atoms with van der Waals surface area (Å²) in [5.74, 6) is 0. The van der Waals surface area contributed by atoms with Crippen molar-refractivity contribution in [2.75, 3.05) is 18.8 Å². The summed E-state index contributed by atoms with van der Waals surface area (Å²) < 4.78 is 5.66. The third-order valence-corrected chi connectivity index (χ3v) is 3.07. The van der Waals surface area contributed by atoms with Crippen LogP contribution < -0.4 is 5.73 Å². The molecule has 0 spiro atoms. The summed E-state index contributed by atoms with van der Waals surface area (Å²) in [6, 6.07) is 0. The van der Waals surface area contributed by atoms with Crippen molar-refractivity contribution in [3.8, 4) is 0 Å². The number of anilines is 1. The smallest absolute Gasteiger partial charge is 0.203 e. The number of nitrogens with zero attached hydrogens (tertiary/aromatic N) is 3. The molecule has 84 valence electrons. The molecular formula is C9H16N4OS. The molecule has 1 aromatic heterocycles. The fourth-order valence-electron chi connectivity index (χ4n) is 1.94. The van der Waals surface area contributed by atoms with Gasteiger partial charge in [0.15, 0.2) is 0 Å². The molecule has 0 saturated carbocycles. The average Bonchev–Trinajstić information content (AvgIpc) is 2.49. The van der Waals surface area contributed by atoms with E-state index in [2.05, 4.69) is 28.9 Å². The predicted octanol–water partition coefficient (Wildman–Crippen LogP) is 0.729. The molecule has 0 amide bonds. The van der Waals surface area contributed by atoms with Crippen LogP contribution >= 0.6 is 11.3 Å². The van der Waals surface area contributed by atoms with E-state index in [1.165, 1.54) is 11.3 Å². The highest BCUT2D eigenvalue weighted by molar-refractivity contribution is 7.15. The van der Waals surface area contributed by atoms with Gasteiger partial charge < -0.3 is 10.5 Å². The van der Waals surface area contributed by atoms with Gasteiger partial charge in [-0.25, -0.2) is 0 Å². The Morgan fingerprint density at radius 1 is 1.40 bits per heavy atom. The summed E-state index contributed by atoms with van der Waals surface area (Å²) >= 11 is 1.46. The van der Waals surface area contributed by atoms with E-state index in [4.69, 9.17) is 10.5 Å². The quantitative estimate of drug-likeness (QED) is 0.808. The summed E-state index contributed by atoms with van der Waals surface area (Å²) in [5.41, 5.74) is 5.54. The molecule has 0 radical (unpaired) electrons. The molecule has 1 saturated heterocycles. The van der Waals surface area contributed by atoms with Crippen molar-refractivity contribution < 1.29 is 4.74 Å². The lowest BCUT2D eigenvalue weighted by Crippen LogP contribution is -2.44. The van der Waals surface area contributed by atoms with Gasteiger partial charge in [0.25, 0.3) is 0 Å². The van der Waals surface area contributed by atoms with Crippen LogP contribution in [0, 0.1) is 0 Å². The van der Waals surface area contributed by atoms with E-state index in [1.807, 2.05) is 0 Å². The number of nitrogen functional groups attached to an aromatic ring is 1. The highest BCUT2D eigenvalue weighted by Crippen LogP contribution is 2.17. The molecule has 0 aromatic carbocycles. The SMILES string of the molecule is CC1CN(Cc2nnc(N)s2)CC(C)O1. The maximum atomic E-state index is 5.66. The van der Waals surface area contributed by atoms with Crippen molar-refractivity contribution >= 4 is 16.5 Å². The minimum atomic E-state index is 0.291. The third kappa shape index (κ3) is 2.87. The van der Waals surface area contributed by atoms with Gasteiger partial charge in [-0.15, -0.1) is 10.2 Å². The molecule has 2 heterocycles. The van der Waals surface area contributed by atoms with Gasteiger partial charge in [-0.1, -0.05) is 11.3 Å². The number of nitrogens with two attached hydrogens (primary N) is 1. The van der Waals surface area contributed by atoms with Crippen molar-refractivity contribution in [3.63, 3.8) is 0 Å². The Morgan fingerprint density at radius 2 is 2.07 bits per heavy atom. The summed E-state index contributed by atoms with van der Waals surface area (Å²) in [4.78, 5) is 2.33. The summed E-state index contributed by atoms with van der Waals surface area (Å²) in [6.07, 6.45) is 0.582. The third-order valence-electron chi connectivity index (χ3n) is 2.34. The van der Waals surface area contributed by atoms with E-state index in [0.29, 0.717) is 17.3 Å². The number of hydrogen-bond acceptors (Lipinski definition) is 6. The van der Waals surface area contributed by atoms with E-state index in [9.17, 15) is 0 Å². The number of rotatable bonds is 2. The minimum absolute atomic E-state index is 0.291. The second-order valence-corrected chi connectivity index (χ2v) is 5.08. The fourth-order valence-corrected chi connectivity index (χ4v) is 2.59. The standard InChI is InChI=1S/C9H16N4OS/c1-6-3-13(4-7(2)14-6)5-8-11-12-9(10)15-8/h6-7H,3-5H2,1-2H3,(H2,10,12). The second-order valence-electron chi connectivity index (χ2n) is 3.99. The zero-order chi connectivity index (χ0) is 10.8.